The molecule has 3 N–H and O–H groups in total. The van der Waals surface area contributed by atoms with Crippen molar-refractivity contribution in [3.8, 4) is 0 Å². The van der Waals surface area contributed by atoms with Gasteiger partial charge < -0.3 is 15.8 Å². The first-order valence-electron chi connectivity index (χ1n) is 7.43. The zero-order valence-electron chi connectivity index (χ0n) is 12.5. The maximum Gasteiger partial charge on any atom is 0.253 e. The van der Waals surface area contributed by atoms with Crippen LogP contribution in [0.25, 0.3) is 0 Å². The first-order valence-corrected chi connectivity index (χ1v) is 7.43. The van der Waals surface area contributed by atoms with Crippen LogP contribution in [0.15, 0.2) is 30.3 Å². The van der Waals surface area contributed by atoms with Gasteiger partial charge in [-0.3, -0.25) is 4.79 Å². The van der Waals surface area contributed by atoms with Crippen LogP contribution < -0.4 is 11.1 Å². The molecule has 3 atom stereocenters. The highest BCUT2D eigenvalue weighted by Crippen LogP contribution is 2.26. The Morgan fingerprint density at radius 3 is 2.71 bits per heavy atom. The van der Waals surface area contributed by atoms with Crippen molar-refractivity contribution < 1.29 is 9.53 Å². The van der Waals surface area contributed by atoms with Gasteiger partial charge in [0.2, 0.25) is 0 Å². The van der Waals surface area contributed by atoms with Crippen molar-refractivity contribution in [2.24, 2.45) is 11.7 Å². The molecule has 0 saturated heterocycles. The molecule has 5 heteroatoms. The molecule has 0 heterocycles. The quantitative estimate of drug-likeness (QED) is 0.848. The maximum absolute atomic E-state index is 12.5. The van der Waals surface area contributed by atoms with Gasteiger partial charge in [0.25, 0.3) is 5.91 Å². The summed E-state index contributed by atoms with van der Waals surface area (Å²) in [6.07, 6.45) is 2.73. The number of halogens is 1. The van der Waals surface area contributed by atoms with Crippen molar-refractivity contribution in [1.29, 1.82) is 0 Å². The SMILES string of the molecule is CCOC(C(=O)NC1CCCC1CN)c1ccccc1.Cl. The lowest BCUT2D eigenvalue weighted by atomic mass is 10.0. The van der Waals surface area contributed by atoms with E-state index >= 15 is 0 Å². The Bertz CT molecular complexity index is 428. The van der Waals surface area contributed by atoms with Crippen LogP contribution in [0.5, 0.6) is 0 Å². The Morgan fingerprint density at radius 1 is 1.38 bits per heavy atom. The van der Waals surface area contributed by atoms with E-state index in [1.165, 1.54) is 0 Å². The van der Waals surface area contributed by atoms with Crippen LogP contribution in [0.4, 0.5) is 0 Å². The number of benzene rings is 1. The fourth-order valence-corrected chi connectivity index (χ4v) is 2.89. The molecular weight excluding hydrogens is 288 g/mol. The molecule has 118 valence electrons. The van der Waals surface area contributed by atoms with E-state index in [9.17, 15) is 4.79 Å². The van der Waals surface area contributed by atoms with Crippen molar-refractivity contribution >= 4 is 18.3 Å². The fourth-order valence-electron chi connectivity index (χ4n) is 2.89. The molecule has 1 fully saturated rings. The van der Waals surface area contributed by atoms with Gasteiger partial charge >= 0.3 is 0 Å². The minimum Gasteiger partial charge on any atom is -0.364 e. The van der Waals surface area contributed by atoms with Crippen molar-refractivity contribution in [1.82, 2.24) is 5.32 Å². The van der Waals surface area contributed by atoms with Gasteiger partial charge in [0.1, 0.15) is 0 Å². The number of hydrogen-bond donors (Lipinski definition) is 2. The molecule has 1 aromatic carbocycles. The predicted molar refractivity (Wildman–Crippen MR) is 86.4 cm³/mol. The molecule has 0 aliphatic heterocycles. The number of carbonyl (C=O) groups is 1. The zero-order valence-corrected chi connectivity index (χ0v) is 13.3. The third kappa shape index (κ3) is 4.70. The van der Waals surface area contributed by atoms with E-state index in [1.54, 1.807) is 0 Å². The number of rotatable bonds is 6. The molecule has 1 aliphatic rings. The van der Waals surface area contributed by atoms with Gasteiger partial charge in [-0.15, -0.1) is 12.4 Å². The number of carbonyl (C=O) groups excluding carboxylic acids is 1. The first-order chi connectivity index (χ1) is 9.76. The van der Waals surface area contributed by atoms with E-state index in [2.05, 4.69) is 5.32 Å². The lowest BCUT2D eigenvalue weighted by molar-refractivity contribution is -0.134. The Labute approximate surface area is 132 Å². The normalized spacial score (nSPS) is 22.4. The van der Waals surface area contributed by atoms with Crippen LogP contribution in [-0.2, 0) is 9.53 Å². The molecule has 4 nitrogen and oxygen atoms in total. The summed E-state index contributed by atoms with van der Waals surface area (Å²) < 4.78 is 5.63. The van der Waals surface area contributed by atoms with Crippen molar-refractivity contribution in [2.45, 2.75) is 38.3 Å². The largest absolute Gasteiger partial charge is 0.364 e. The zero-order chi connectivity index (χ0) is 14.4. The molecule has 1 aromatic rings. The minimum atomic E-state index is -0.528. The second kappa shape index (κ2) is 9.03. The van der Waals surface area contributed by atoms with Crippen LogP contribution in [0.3, 0.4) is 0 Å². The second-order valence-corrected chi connectivity index (χ2v) is 5.29. The predicted octanol–water partition coefficient (Wildman–Crippen LogP) is 2.43. The number of nitrogens with two attached hydrogens (primary N) is 1. The molecule has 0 radical (unpaired) electrons. The summed E-state index contributed by atoms with van der Waals surface area (Å²) in [7, 11) is 0. The Kier molecular flexibility index (Phi) is 7.72. The molecule has 1 aliphatic carbocycles. The second-order valence-electron chi connectivity index (χ2n) is 5.29. The summed E-state index contributed by atoms with van der Waals surface area (Å²) in [5, 5.41) is 3.12. The summed E-state index contributed by atoms with van der Waals surface area (Å²) in [5.41, 5.74) is 6.66. The average Bonchev–Trinajstić information content (AvgIpc) is 2.92. The summed E-state index contributed by atoms with van der Waals surface area (Å²) in [6.45, 7) is 3.05. The van der Waals surface area contributed by atoms with E-state index in [0.29, 0.717) is 19.1 Å². The first kappa shape index (κ1) is 18.0. The van der Waals surface area contributed by atoms with E-state index in [0.717, 1.165) is 24.8 Å². The van der Waals surface area contributed by atoms with Crippen LogP contribution >= 0.6 is 12.4 Å². The highest BCUT2D eigenvalue weighted by molar-refractivity contribution is 5.85. The lowest BCUT2D eigenvalue weighted by Crippen LogP contribution is -2.42. The summed E-state index contributed by atoms with van der Waals surface area (Å²) in [6, 6.07) is 9.83. The molecule has 0 aromatic heterocycles. The van der Waals surface area contributed by atoms with Crippen LogP contribution in [0, 0.1) is 5.92 Å². The Morgan fingerprint density at radius 2 is 2.10 bits per heavy atom. The highest BCUT2D eigenvalue weighted by Gasteiger charge is 2.30. The number of hydrogen-bond acceptors (Lipinski definition) is 3. The molecular formula is C16H25ClN2O2. The highest BCUT2D eigenvalue weighted by atomic mass is 35.5. The van der Waals surface area contributed by atoms with Crippen molar-refractivity contribution in [3.63, 3.8) is 0 Å². The fraction of sp³-hybridized carbons (Fsp3) is 0.562. The number of ether oxygens (including phenoxy) is 1. The van der Waals surface area contributed by atoms with Gasteiger partial charge in [-0.1, -0.05) is 36.8 Å². The number of nitrogens with one attached hydrogen (secondary N) is 1. The minimum absolute atomic E-state index is 0. The van der Waals surface area contributed by atoms with Crippen LogP contribution in [0.2, 0.25) is 0 Å². The van der Waals surface area contributed by atoms with Gasteiger partial charge in [0, 0.05) is 12.6 Å². The number of amides is 1. The van der Waals surface area contributed by atoms with Crippen LogP contribution in [0.1, 0.15) is 37.9 Å². The molecule has 2 rings (SSSR count). The van der Waals surface area contributed by atoms with Crippen molar-refractivity contribution in [2.75, 3.05) is 13.2 Å². The van der Waals surface area contributed by atoms with E-state index in [4.69, 9.17) is 10.5 Å². The van der Waals surface area contributed by atoms with Crippen molar-refractivity contribution in [3.05, 3.63) is 35.9 Å². The van der Waals surface area contributed by atoms with E-state index < -0.39 is 6.10 Å². The van der Waals surface area contributed by atoms with Gasteiger partial charge in [0.15, 0.2) is 6.10 Å². The smallest absolute Gasteiger partial charge is 0.253 e. The standard InChI is InChI=1S/C16H24N2O2.ClH/c1-2-20-15(12-7-4-3-5-8-12)16(19)18-14-10-6-9-13(14)11-17;/h3-5,7-8,13-15H,2,6,9-11,17H2,1H3,(H,18,19);1H. The van der Waals surface area contributed by atoms with Gasteiger partial charge in [-0.25, -0.2) is 0 Å². The maximum atomic E-state index is 12.5. The summed E-state index contributed by atoms with van der Waals surface area (Å²) in [5.74, 6) is 0.348. The monoisotopic (exact) mass is 312 g/mol. The molecule has 21 heavy (non-hydrogen) atoms. The third-order valence-electron chi connectivity index (χ3n) is 3.96. The van der Waals surface area contributed by atoms with E-state index in [1.807, 2.05) is 37.3 Å². The molecule has 0 spiro atoms. The third-order valence-corrected chi connectivity index (χ3v) is 3.96. The van der Waals surface area contributed by atoms with E-state index in [-0.39, 0.29) is 24.4 Å². The summed E-state index contributed by atoms with van der Waals surface area (Å²) in [4.78, 5) is 12.5. The van der Waals surface area contributed by atoms with Gasteiger partial charge in [-0.2, -0.15) is 0 Å². The topological polar surface area (TPSA) is 64.3 Å². The van der Waals surface area contributed by atoms with Gasteiger partial charge in [-0.05, 0) is 37.8 Å². The van der Waals surface area contributed by atoms with Gasteiger partial charge in [0.05, 0.1) is 0 Å². The summed E-state index contributed by atoms with van der Waals surface area (Å²) >= 11 is 0. The Hall–Kier alpha value is -1.10. The molecule has 3 unspecified atom stereocenters. The molecule has 1 saturated carbocycles. The molecule has 1 amide bonds. The molecule has 0 bridgehead atoms. The Balaban J connectivity index is 0.00000220. The average molecular weight is 313 g/mol. The lowest BCUT2D eigenvalue weighted by Gasteiger charge is -2.23. The van der Waals surface area contributed by atoms with Crippen LogP contribution in [-0.4, -0.2) is 25.1 Å².